The van der Waals surface area contributed by atoms with Crippen LogP contribution < -0.4 is 5.73 Å². The molecule has 2 N–H and O–H groups in total. The Morgan fingerprint density at radius 2 is 2.00 bits per heavy atom. The summed E-state index contributed by atoms with van der Waals surface area (Å²) in [6, 6.07) is 10.7. The summed E-state index contributed by atoms with van der Waals surface area (Å²) >= 11 is 5.10. The van der Waals surface area contributed by atoms with Crippen molar-refractivity contribution < 1.29 is 4.39 Å². The number of nitrogens with two attached hydrogens (primary N) is 1. The van der Waals surface area contributed by atoms with Gasteiger partial charge in [-0.1, -0.05) is 22.0 Å². The van der Waals surface area contributed by atoms with Crippen LogP contribution in [0.4, 0.5) is 10.1 Å². The number of hydrogen-bond donors (Lipinski definition) is 1. The molecule has 0 spiro atoms. The second-order valence-electron chi connectivity index (χ2n) is 4.05. The quantitative estimate of drug-likeness (QED) is 0.649. The molecule has 18 heavy (non-hydrogen) atoms. The molecule has 0 radical (unpaired) electrons. The van der Waals surface area contributed by atoms with Crippen LogP contribution in [0.3, 0.4) is 0 Å². The molecule has 0 aromatic heterocycles. The van der Waals surface area contributed by atoms with E-state index in [0.717, 1.165) is 21.5 Å². The van der Waals surface area contributed by atoms with Gasteiger partial charge in [-0.3, -0.25) is 0 Å². The third kappa shape index (κ3) is 3.27. The van der Waals surface area contributed by atoms with Crippen molar-refractivity contribution in [2.75, 3.05) is 5.73 Å². The second kappa shape index (κ2) is 5.76. The van der Waals surface area contributed by atoms with E-state index in [1.807, 2.05) is 25.1 Å². The van der Waals surface area contributed by atoms with Crippen molar-refractivity contribution in [3.05, 3.63) is 57.8 Å². The fourth-order valence-electron chi connectivity index (χ4n) is 1.63. The summed E-state index contributed by atoms with van der Waals surface area (Å²) < 4.78 is 13.8. The van der Waals surface area contributed by atoms with E-state index >= 15 is 0 Å². The molecule has 2 aromatic carbocycles. The molecule has 0 bridgehead atoms. The predicted octanol–water partition coefficient (Wildman–Crippen LogP) is 4.77. The van der Waals surface area contributed by atoms with Crippen molar-refractivity contribution >= 4 is 33.4 Å². The average Bonchev–Trinajstić information content (AvgIpc) is 2.30. The van der Waals surface area contributed by atoms with Gasteiger partial charge < -0.3 is 5.73 Å². The molecule has 0 aliphatic carbocycles. The van der Waals surface area contributed by atoms with Crippen molar-refractivity contribution in [1.29, 1.82) is 0 Å². The lowest BCUT2D eigenvalue weighted by Gasteiger charge is -2.08. The highest BCUT2D eigenvalue weighted by atomic mass is 79.9. The topological polar surface area (TPSA) is 26.0 Å². The number of halogens is 2. The van der Waals surface area contributed by atoms with Crippen LogP contribution in [0.25, 0.3) is 0 Å². The molecule has 0 unspecified atom stereocenters. The molecule has 4 heteroatoms. The van der Waals surface area contributed by atoms with Gasteiger partial charge in [-0.15, -0.1) is 11.8 Å². The van der Waals surface area contributed by atoms with Gasteiger partial charge in [-0.2, -0.15) is 0 Å². The van der Waals surface area contributed by atoms with Crippen LogP contribution >= 0.6 is 27.7 Å². The van der Waals surface area contributed by atoms with E-state index in [4.69, 9.17) is 5.73 Å². The molecular weight excluding hydrogens is 313 g/mol. The minimum absolute atomic E-state index is 0.223. The van der Waals surface area contributed by atoms with Crippen LogP contribution in [-0.4, -0.2) is 0 Å². The molecular formula is C14H13BrFNS. The molecule has 0 aliphatic rings. The highest BCUT2D eigenvalue weighted by molar-refractivity contribution is 9.10. The first-order chi connectivity index (χ1) is 8.56. The first-order valence-corrected chi connectivity index (χ1v) is 7.27. The van der Waals surface area contributed by atoms with Gasteiger partial charge in [-0.05, 0) is 48.4 Å². The van der Waals surface area contributed by atoms with E-state index in [0.29, 0.717) is 0 Å². The Morgan fingerprint density at radius 1 is 1.22 bits per heavy atom. The minimum Gasteiger partial charge on any atom is -0.399 e. The molecule has 0 fully saturated rings. The number of anilines is 1. The zero-order chi connectivity index (χ0) is 13.1. The zero-order valence-corrected chi connectivity index (χ0v) is 12.3. The van der Waals surface area contributed by atoms with Crippen LogP contribution in [0.15, 0.2) is 45.8 Å². The third-order valence-electron chi connectivity index (χ3n) is 2.60. The highest BCUT2D eigenvalue weighted by Gasteiger charge is 2.04. The van der Waals surface area contributed by atoms with Crippen LogP contribution in [0.1, 0.15) is 11.1 Å². The van der Waals surface area contributed by atoms with E-state index in [1.54, 1.807) is 17.8 Å². The van der Waals surface area contributed by atoms with Crippen molar-refractivity contribution in [2.24, 2.45) is 0 Å². The van der Waals surface area contributed by atoms with E-state index in [-0.39, 0.29) is 5.82 Å². The molecule has 0 saturated heterocycles. The number of hydrogen-bond acceptors (Lipinski definition) is 2. The molecule has 2 aromatic rings. The van der Waals surface area contributed by atoms with E-state index < -0.39 is 0 Å². The molecule has 1 nitrogen and oxygen atoms in total. The Kier molecular flexibility index (Phi) is 4.30. The Labute approximate surface area is 119 Å². The van der Waals surface area contributed by atoms with Crippen molar-refractivity contribution in [3.63, 3.8) is 0 Å². The molecule has 0 atom stereocenters. The van der Waals surface area contributed by atoms with E-state index in [2.05, 4.69) is 15.9 Å². The van der Waals surface area contributed by atoms with Gasteiger partial charge in [0.15, 0.2) is 0 Å². The van der Waals surface area contributed by atoms with Crippen molar-refractivity contribution in [2.45, 2.75) is 17.6 Å². The maximum Gasteiger partial charge on any atom is 0.124 e. The standard InChI is InChI=1S/C14H13BrFNS/c1-9-6-12(17)4-5-14(9)18-8-10-2-3-11(16)7-13(10)15/h2-7H,8,17H2,1H3. The Hall–Kier alpha value is -1.00. The lowest BCUT2D eigenvalue weighted by atomic mass is 10.2. The zero-order valence-electron chi connectivity index (χ0n) is 9.91. The maximum absolute atomic E-state index is 13.0. The van der Waals surface area contributed by atoms with Gasteiger partial charge in [0.2, 0.25) is 0 Å². The summed E-state index contributed by atoms with van der Waals surface area (Å²) in [5.41, 5.74) is 8.74. The van der Waals surface area contributed by atoms with Crippen LogP contribution in [0, 0.1) is 12.7 Å². The van der Waals surface area contributed by atoms with Gasteiger partial charge >= 0.3 is 0 Å². The molecule has 0 saturated carbocycles. The Balaban J connectivity index is 2.11. The first-order valence-electron chi connectivity index (χ1n) is 5.49. The van der Waals surface area contributed by atoms with Gasteiger partial charge in [0.1, 0.15) is 5.82 Å². The van der Waals surface area contributed by atoms with Gasteiger partial charge in [-0.25, -0.2) is 4.39 Å². The normalized spacial score (nSPS) is 10.6. The summed E-state index contributed by atoms with van der Waals surface area (Å²) in [7, 11) is 0. The molecule has 0 amide bonds. The van der Waals surface area contributed by atoms with E-state index in [9.17, 15) is 4.39 Å². The van der Waals surface area contributed by atoms with Crippen molar-refractivity contribution in [3.8, 4) is 0 Å². The van der Waals surface area contributed by atoms with Gasteiger partial charge in [0.25, 0.3) is 0 Å². The fraction of sp³-hybridized carbons (Fsp3) is 0.143. The van der Waals surface area contributed by atoms with Crippen molar-refractivity contribution in [1.82, 2.24) is 0 Å². The SMILES string of the molecule is Cc1cc(N)ccc1SCc1ccc(F)cc1Br. The van der Waals surface area contributed by atoms with Crippen LogP contribution in [-0.2, 0) is 5.75 Å². The largest absolute Gasteiger partial charge is 0.399 e. The third-order valence-corrected chi connectivity index (χ3v) is 4.56. The van der Waals surface area contributed by atoms with Gasteiger partial charge in [0.05, 0.1) is 0 Å². The summed E-state index contributed by atoms with van der Waals surface area (Å²) in [5.74, 6) is 0.574. The highest BCUT2D eigenvalue weighted by Crippen LogP contribution is 2.30. The number of rotatable bonds is 3. The summed E-state index contributed by atoms with van der Waals surface area (Å²) in [6.07, 6.45) is 0. The maximum atomic E-state index is 13.0. The number of benzene rings is 2. The van der Waals surface area contributed by atoms with Crippen LogP contribution in [0.5, 0.6) is 0 Å². The molecule has 0 heterocycles. The summed E-state index contributed by atoms with van der Waals surface area (Å²) in [6.45, 7) is 2.04. The molecule has 0 aliphatic heterocycles. The first kappa shape index (κ1) is 13.4. The average molecular weight is 326 g/mol. The smallest absolute Gasteiger partial charge is 0.124 e. The Morgan fingerprint density at radius 3 is 2.67 bits per heavy atom. The number of aryl methyl sites for hydroxylation is 1. The second-order valence-corrected chi connectivity index (χ2v) is 5.92. The monoisotopic (exact) mass is 325 g/mol. The predicted molar refractivity (Wildman–Crippen MR) is 79.3 cm³/mol. The summed E-state index contributed by atoms with van der Waals surface area (Å²) in [5, 5.41) is 0. The minimum atomic E-state index is -0.223. The van der Waals surface area contributed by atoms with Gasteiger partial charge in [0, 0.05) is 20.8 Å². The lowest BCUT2D eigenvalue weighted by molar-refractivity contribution is 0.626. The fourth-order valence-corrected chi connectivity index (χ4v) is 3.32. The Bertz CT molecular complexity index is 520. The number of thioether (sulfide) groups is 1. The van der Waals surface area contributed by atoms with Crippen LogP contribution in [0.2, 0.25) is 0 Å². The summed E-state index contributed by atoms with van der Waals surface area (Å²) in [4.78, 5) is 1.19. The molecule has 2 rings (SSSR count). The van der Waals surface area contributed by atoms with E-state index in [1.165, 1.54) is 22.6 Å². The number of nitrogen functional groups attached to an aromatic ring is 1. The lowest BCUT2D eigenvalue weighted by Crippen LogP contribution is -1.89. The molecule has 94 valence electrons.